The molecule has 0 aromatic carbocycles. The fourth-order valence-electron chi connectivity index (χ4n) is 1.29. The van der Waals surface area contributed by atoms with E-state index in [4.69, 9.17) is 0 Å². The Morgan fingerprint density at radius 3 is 2.56 bits per heavy atom. The molecule has 0 aliphatic carbocycles. The molecule has 1 N–H and O–H groups in total. The van der Waals surface area contributed by atoms with Crippen molar-refractivity contribution < 1.29 is 8.42 Å². The Hall–Kier alpha value is -1.17. The molecule has 1 rings (SSSR count). The molecule has 0 atom stereocenters. The van der Waals surface area contributed by atoms with Crippen molar-refractivity contribution in [1.82, 2.24) is 9.97 Å². The average Bonchev–Trinajstić information content (AvgIpc) is 2.16. The fourth-order valence-corrected chi connectivity index (χ4v) is 1.99. The van der Waals surface area contributed by atoms with Crippen molar-refractivity contribution in [3.8, 4) is 0 Å². The van der Waals surface area contributed by atoms with Crippen molar-refractivity contribution in [1.29, 1.82) is 0 Å². The SMILES string of the molecule is CCS(=O)(=O)CCNc1cc(C)nc(C)n1. The number of rotatable bonds is 5. The maximum absolute atomic E-state index is 11.3. The first-order chi connectivity index (χ1) is 7.43. The lowest BCUT2D eigenvalue weighted by molar-refractivity contribution is 0.597. The maximum atomic E-state index is 11.3. The number of nitrogens with one attached hydrogen (secondary N) is 1. The lowest BCUT2D eigenvalue weighted by atomic mass is 10.4. The molecule has 5 nitrogen and oxygen atoms in total. The van der Waals surface area contributed by atoms with Crippen LogP contribution in [-0.2, 0) is 9.84 Å². The first-order valence-electron chi connectivity index (χ1n) is 5.19. The van der Waals surface area contributed by atoms with Gasteiger partial charge < -0.3 is 5.32 Å². The van der Waals surface area contributed by atoms with E-state index in [2.05, 4.69) is 15.3 Å². The van der Waals surface area contributed by atoms with E-state index >= 15 is 0 Å². The Labute approximate surface area is 96.2 Å². The van der Waals surface area contributed by atoms with Crippen LogP contribution < -0.4 is 5.32 Å². The van der Waals surface area contributed by atoms with Crippen LogP contribution in [0.2, 0.25) is 0 Å². The summed E-state index contributed by atoms with van der Waals surface area (Å²) in [6, 6.07) is 1.80. The van der Waals surface area contributed by atoms with Crippen molar-refractivity contribution >= 4 is 15.7 Å². The lowest BCUT2D eigenvalue weighted by Gasteiger charge is -2.06. The van der Waals surface area contributed by atoms with Gasteiger partial charge in [-0.25, -0.2) is 18.4 Å². The van der Waals surface area contributed by atoms with Crippen LogP contribution in [0.3, 0.4) is 0 Å². The van der Waals surface area contributed by atoms with Gasteiger partial charge in [0.15, 0.2) is 9.84 Å². The standard InChI is InChI=1S/C10H17N3O2S/c1-4-16(14,15)6-5-11-10-7-8(2)12-9(3)13-10/h7H,4-6H2,1-3H3,(H,11,12,13). The van der Waals surface area contributed by atoms with Gasteiger partial charge in [-0.2, -0.15) is 0 Å². The highest BCUT2D eigenvalue weighted by Gasteiger charge is 2.06. The minimum Gasteiger partial charge on any atom is -0.369 e. The minimum absolute atomic E-state index is 0.131. The van der Waals surface area contributed by atoms with Crippen molar-refractivity contribution in [2.45, 2.75) is 20.8 Å². The molecule has 16 heavy (non-hydrogen) atoms. The Balaban J connectivity index is 2.55. The molecule has 1 heterocycles. The predicted molar refractivity (Wildman–Crippen MR) is 64.3 cm³/mol. The highest BCUT2D eigenvalue weighted by Crippen LogP contribution is 2.05. The molecule has 0 unspecified atom stereocenters. The second-order valence-corrected chi connectivity index (χ2v) is 6.08. The highest BCUT2D eigenvalue weighted by molar-refractivity contribution is 7.91. The Bertz CT molecular complexity index is 437. The molecule has 0 amide bonds. The number of aromatic nitrogens is 2. The number of aryl methyl sites for hydroxylation is 2. The smallest absolute Gasteiger partial charge is 0.151 e. The van der Waals surface area contributed by atoms with Crippen LogP contribution >= 0.6 is 0 Å². The van der Waals surface area contributed by atoms with Gasteiger partial charge in [0.1, 0.15) is 11.6 Å². The number of hydrogen-bond acceptors (Lipinski definition) is 5. The number of anilines is 1. The summed E-state index contributed by atoms with van der Waals surface area (Å²) in [4.78, 5) is 8.30. The van der Waals surface area contributed by atoms with Gasteiger partial charge in [0.2, 0.25) is 0 Å². The van der Waals surface area contributed by atoms with Crippen LogP contribution in [0.1, 0.15) is 18.4 Å². The summed E-state index contributed by atoms with van der Waals surface area (Å²) in [5.41, 5.74) is 0.869. The fraction of sp³-hybridized carbons (Fsp3) is 0.600. The molecule has 6 heteroatoms. The second-order valence-electron chi connectivity index (χ2n) is 3.60. The molecule has 1 aromatic heterocycles. The number of hydrogen-bond donors (Lipinski definition) is 1. The molecule has 0 aliphatic heterocycles. The van der Waals surface area contributed by atoms with Gasteiger partial charge in [0.05, 0.1) is 5.75 Å². The minimum atomic E-state index is -2.92. The molecular formula is C10H17N3O2S. The molecule has 0 fully saturated rings. The van der Waals surface area contributed by atoms with E-state index in [0.717, 1.165) is 5.69 Å². The van der Waals surface area contributed by atoms with Gasteiger partial charge in [-0.3, -0.25) is 0 Å². The van der Waals surface area contributed by atoms with E-state index in [9.17, 15) is 8.42 Å². The summed E-state index contributed by atoms with van der Waals surface area (Å²) >= 11 is 0. The molecule has 0 saturated heterocycles. The molecule has 0 spiro atoms. The molecule has 90 valence electrons. The molecule has 1 aromatic rings. The molecule has 0 bridgehead atoms. The van der Waals surface area contributed by atoms with E-state index in [0.29, 0.717) is 18.2 Å². The predicted octanol–water partition coefficient (Wildman–Crippen LogP) is 0.940. The molecule has 0 radical (unpaired) electrons. The third-order valence-corrected chi connectivity index (χ3v) is 3.83. The third-order valence-electron chi connectivity index (χ3n) is 2.13. The number of sulfone groups is 1. The van der Waals surface area contributed by atoms with Gasteiger partial charge in [-0.15, -0.1) is 0 Å². The normalized spacial score (nSPS) is 11.4. The summed E-state index contributed by atoms with van der Waals surface area (Å²) in [7, 11) is -2.92. The topological polar surface area (TPSA) is 72.0 Å². The van der Waals surface area contributed by atoms with Crippen LogP contribution in [0, 0.1) is 13.8 Å². The van der Waals surface area contributed by atoms with E-state index in [1.165, 1.54) is 0 Å². The van der Waals surface area contributed by atoms with E-state index < -0.39 is 9.84 Å². The van der Waals surface area contributed by atoms with Crippen LogP contribution in [0.5, 0.6) is 0 Å². The first kappa shape index (κ1) is 12.9. The zero-order valence-electron chi connectivity index (χ0n) is 9.82. The van der Waals surface area contributed by atoms with Gasteiger partial charge in [-0.1, -0.05) is 6.92 Å². The largest absolute Gasteiger partial charge is 0.369 e. The van der Waals surface area contributed by atoms with Gasteiger partial charge in [0.25, 0.3) is 0 Å². The van der Waals surface area contributed by atoms with Crippen molar-refractivity contribution in [2.24, 2.45) is 0 Å². The van der Waals surface area contributed by atoms with E-state index in [-0.39, 0.29) is 11.5 Å². The summed E-state index contributed by atoms with van der Waals surface area (Å²) in [6.45, 7) is 5.71. The molecule has 0 saturated carbocycles. The zero-order chi connectivity index (χ0) is 12.2. The van der Waals surface area contributed by atoms with Gasteiger partial charge in [0, 0.05) is 24.1 Å². The van der Waals surface area contributed by atoms with Crippen LogP contribution in [0.4, 0.5) is 5.82 Å². The van der Waals surface area contributed by atoms with E-state index in [1.807, 2.05) is 6.92 Å². The van der Waals surface area contributed by atoms with Crippen LogP contribution in [-0.4, -0.2) is 36.4 Å². The van der Waals surface area contributed by atoms with Gasteiger partial charge >= 0.3 is 0 Å². The number of nitrogens with zero attached hydrogens (tertiary/aromatic N) is 2. The second kappa shape index (κ2) is 5.25. The lowest BCUT2D eigenvalue weighted by Crippen LogP contribution is -2.17. The Kier molecular flexibility index (Phi) is 4.23. The molecule has 0 aliphatic rings. The summed E-state index contributed by atoms with van der Waals surface area (Å²) in [6.07, 6.45) is 0. The highest BCUT2D eigenvalue weighted by atomic mass is 32.2. The third kappa shape index (κ3) is 4.14. The van der Waals surface area contributed by atoms with Crippen LogP contribution in [0.15, 0.2) is 6.07 Å². The maximum Gasteiger partial charge on any atom is 0.151 e. The van der Waals surface area contributed by atoms with E-state index in [1.54, 1.807) is 19.9 Å². The van der Waals surface area contributed by atoms with Crippen molar-refractivity contribution in [2.75, 3.05) is 23.4 Å². The molecular weight excluding hydrogens is 226 g/mol. The Morgan fingerprint density at radius 2 is 2.00 bits per heavy atom. The Morgan fingerprint density at radius 1 is 1.31 bits per heavy atom. The summed E-state index contributed by atoms with van der Waals surface area (Å²) in [5.74, 6) is 1.67. The zero-order valence-corrected chi connectivity index (χ0v) is 10.6. The van der Waals surface area contributed by atoms with Crippen molar-refractivity contribution in [3.05, 3.63) is 17.6 Å². The summed E-state index contributed by atoms with van der Waals surface area (Å²) < 4.78 is 22.5. The quantitative estimate of drug-likeness (QED) is 0.833. The first-order valence-corrected chi connectivity index (χ1v) is 7.01. The summed E-state index contributed by atoms with van der Waals surface area (Å²) in [5, 5.41) is 2.99. The average molecular weight is 243 g/mol. The van der Waals surface area contributed by atoms with Gasteiger partial charge in [-0.05, 0) is 13.8 Å². The monoisotopic (exact) mass is 243 g/mol. The van der Waals surface area contributed by atoms with Crippen molar-refractivity contribution in [3.63, 3.8) is 0 Å². The van der Waals surface area contributed by atoms with Crippen LogP contribution in [0.25, 0.3) is 0 Å².